The molecular weight excluding hydrogens is 460 g/mol. The molecule has 9 heteroatoms. The minimum Gasteiger partial charge on any atom is -0.467 e. The number of para-hydroxylation sites is 1. The van der Waals surface area contributed by atoms with E-state index in [0.29, 0.717) is 17.9 Å². The third-order valence-corrected chi connectivity index (χ3v) is 5.85. The number of imide groups is 2. The van der Waals surface area contributed by atoms with Gasteiger partial charge in [-0.3, -0.25) is 24.6 Å². The van der Waals surface area contributed by atoms with Gasteiger partial charge in [-0.05, 0) is 29.8 Å². The largest absolute Gasteiger partial charge is 0.467 e. The fourth-order valence-electron chi connectivity index (χ4n) is 4.08. The van der Waals surface area contributed by atoms with E-state index in [0.717, 1.165) is 21.4 Å². The summed E-state index contributed by atoms with van der Waals surface area (Å²) < 4.78 is 7.00. The monoisotopic (exact) mass is 482 g/mol. The van der Waals surface area contributed by atoms with Gasteiger partial charge in [-0.2, -0.15) is 0 Å². The maximum absolute atomic E-state index is 13.1. The van der Waals surface area contributed by atoms with E-state index in [2.05, 4.69) is 10.6 Å². The number of aromatic nitrogens is 1. The molecule has 1 fully saturated rings. The highest BCUT2D eigenvalue weighted by Gasteiger charge is 2.36. The highest BCUT2D eigenvalue weighted by Crippen LogP contribution is 2.25. The molecule has 0 unspecified atom stereocenters. The van der Waals surface area contributed by atoms with E-state index in [1.807, 2.05) is 54.6 Å². The highest BCUT2D eigenvalue weighted by molar-refractivity contribution is 6.31. The summed E-state index contributed by atoms with van der Waals surface area (Å²) in [6.07, 6.45) is 4.60. The lowest BCUT2D eigenvalue weighted by atomic mass is 10.1. The Balaban J connectivity index is 1.41. The molecule has 180 valence electrons. The van der Waals surface area contributed by atoms with Crippen molar-refractivity contribution in [2.24, 2.45) is 0 Å². The minimum absolute atomic E-state index is 0.0553. The Kier molecular flexibility index (Phi) is 6.19. The summed E-state index contributed by atoms with van der Waals surface area (Å²) in [5, 5.41) is 5.87. The number of nitrogens with zero attached hydrogens (tertiary/aromatic N) is 2. The van der Waals surface area contributed by atoms with Crippen molar-refractivity contribution < 1.29 is 23.6 Å². The van der Waals surface area contributed by atoms with Crippen LogP contribution in [0, 0.1) is 0 Å². The molecule has 3 heterocycles. The molecular formula is C27H22N4O5. The normalized spacial score (nSPS) is 14.9. The van der Waals surface area contributed by atoms with Gasteiger partial charge in [0.2, 0.25) is 5.91 Å². The molecule has 0 aliphatic carbocycles. The van der Waals surface area contributed by atoms with Crippen molar-refractivity contribution in [3.8, 4) is 0 Å². The highest BCUT2D eigenvalue weighted by atomic mass is 16.3. The predicted molar refractivity (Wildman–Crippen MR) is 131 cm³/mol. The van der Waals surface area contributed by atoms with Gasteiger partial charge in [0.05, 0.1) is 12.8 Å². The first-order valence-electron chi connectivity index (χ1n) is 11.3. The van der Waals surface area contributed by atoms with Gasteiger partial charge in [0, 0.05) is 29.2 Å². The number of hydrogen-bond donors (Lipinski definition) is 2. The molecule has 1 aliphatic heterocycles. The van der Waals surface area contributed by atoms with Crippen LogP contribution in [0.15, 0.2) is 89.2 Å². The molecule has 5 amide bonds. The van der Waals surface area contributed by atoms with Gasteiger partial charge in [-0.15, -0.1) is 0 Å². The maximum atomic E-state index is 13.1. The second-order valence-corrected chi connectivity index (χ2v) is 8.28. The molecule has 2 N–H and O–H groups in total. The third kappa shape index (κ3) is 4.67. The molecule has 0 bridgehead atoms. The SMILES string of the molecule is O=C(Cn1cc(/C=C2\C(=O)NC(=O)N(Cc3ccco3)C2=O)c2ccccc21)NCc1ccccc1. The maximum Gasteiger partial charge on any atom is 0.331 e. The molecule has 0 atom stereocenters. The lowest BCUT2D eigenvalue weighted by molar-refractivity contribution is -0.130. The van der Waals surface area contributed by atoms with Crippen LogP contribution in [0.25, 0.3) is 17.0 Å². The van der Waals surface area contributed by atoms with Crippen molar-refractivity contribution >= 4 is 40.7 Å². The van der Waals surface area contributed by atoms with Crippen molar-refractivity contribution in [3.63, 3.8) is 0 Å². The van der Waals surface area contributed by atoms with Crippen molar-refractivity contribution in [2.75, 3.05) is 0 Å². The predicted octanol–water partition coefficient (Wildman–Crippen LogP) is 3.21. The van der Waals surface area contributed by atoms with Crippen molar-refractivity contribution in [3.05, 3.63) is 102 Å². The fourth-order valence-corrected chi connectivity index (χ4v) is 4.08. The molecule has 4 aromatic rings. The smallest absolute Gasteiger partial charge is 0.331 e. The Morgan fingerprint density at radius 1 is 0.972 bits per heavy atom. The van der Waals surface area contributed by atoms with E-state index < -0.39 is 17.8 Å². The van der Waals surface area contributed by atoms with Gasteiger partial charge >= 0.3 is 6.03 Å². The van der Waals surface area contributed by atoms with Gasteiger partial charge in [0.1, 0.15) is 17.9 Å². The van der Waals surface area contributed by atoms with Crippen molar-refractivity contribution in [1.82, 2.24) is 20.1 Å². The quantitative estimate of drug-likeness (QED) is 0.310. The molecule has 2 aromatic heterocycles. The number of urea groups is 1. The van der Waals surface area contributed by atoms with Crippen LogP contribution in [0.3, 0.4) is 0 Å². The first-order valence-corrected chi connectivity index (χ1v) is 11.3. The van der Waals surface area contributed by atoms with E-state index in [-0.39, 0.29) is 24.6 Å². The van der Waals surface area contributed by atoms with Crippen LogP contribution >= 0.6 is 0 Å². The lowest BCUT2D eigenvalue weighted by Gasteiger charge is -2.25. The van der Waals surface area contributed by atoms with Crippen LogP contribution in [-0.4, -0.2) is 33.2 Å². The second-order valence-electron chi connectivity index (χ2n) is 8.28. The standard InChI is InChI=1S/C27H22N4O5/c32-24(28-14-18-7-2-1-3-8-18)17-30-15-19(21-10-4-5-11-23(21)30)13-22-25(33)29-27(35)31(26(22)34)16-20-9-6-12-36-20/h1-13,15H,14,16-17H2,(H,28,32)(H,29,33,35)/b22-13+. The Bertz CT molecular complexity index is 1490. The number of furan rings is 1. The molecule has 36 heavy (non-hydrogen) atoms. The van der Waals surface area contributed by atoms with Crippen LogP contribution < -0.4 is 10.6 Å². The summed E-state index contributed by atoms with van der Waals surface area (Å²) in [7, 11) is 0. The molecule has 5 rings (SSSR count). The fraction of sp³-hybridized carbons (Fsp3) is 0.111. The zero-order valence-electron chi connectivity index (χ0n) is 19.1. The van der Waals surface area contributed by atoms with Gasteiger partial charge in [0.15, 0.2) is 0 Å². The number of barbiturate groups is 1. The summed E-state index contributed by atoms with van der Waals surface area (Å²) in [4.78, 5) is 51.5. The van der Waals surface area contributed by atoms with Crippen LogP contribution in [0.2, 0.25) is 0 Å². The molecule has 2 aromatic carbocycles. The summed E-state index contributed by atoms with van der Waals surface area (Å²) in [6, 6.07) is 19.5. The minimum atomic E-state index is -0.809. The van der Waals surface area contributed by atoms with Crippen LogP contribution in [-0.2, 0) is 34.0 Å². The van der Waals surface area contributed by atoms with E-state index in [4.69, 9.17) is 4.42 Å². The number of carbonyl (C=O) groups excluding carboxylic acids is 4. The molecule has 0 spiro atoms. The summed E-state index contributed by atoms with van der Waals surface area (Å²) >= 11 is 0. The lowest BCUT2D eigenvalue weighted by Crippen LogP contribution is -2.53. The van der Waals surface area contributed by atoms with E-state index >= 15 is 0 Å². The van der Waals surface area contributed by atoms with E-state index in [9.17, 15) is 19.2 Å². The second kappa shape index (κ2) is 9.75. The number of fused-ring (bicyclic) bond motifs is 1. The third-order valence-electron chi connectivity index (χ3n) is 5.85. The first-order chi connectivity index (χ1) is 17.5. The molecule has 0 saturated carbocycles. The number of hydrogen-bond acceptors (Lipinski definition) is 5. The Labute approximate surface area is 206 Å². The first kappa shape index (κ1) is 22.9. The van der Waals surface area contributed by atoms with Crippen molar-refractivity contribution in [1.29, 1.82) is 0 Å². The number of amides is 5. The number of nitrogens with one attached hydrogen (secondary N) is 2. The zero-order valence-corrected chi connectivity index (χ0v) is 19.1. The van der Waals surface area contributed by atoms with Crippen LogP contribution in [0.4, 0.5) is 4.79 Å². The molecule has 0 radical (unpaired) electrons. The average Bonchev–Trinajstić information content (AvgIpc) is 3.52. The van der Waals surface area contributed by atoms with Gasteiger partial charge in [-0.25, -0.2) is 4.79 Å². The summed E-state index contributed by atoms with van der Waals surface area (Å²) in [5.41, 5.74) is 2.15. The van der Waals surface area contributed by atoms with Crippen LogP contribution in [0.5, 0.6) is 0 Å². The number of carbonyl (C=O) groups is 4. The average molecular weight is 482 g/mol. The topological polar surface area (TPSA) is 114 Å². The molecule has 9 nitrogen and oxygen atoms in total. The van der Waals surface area contributed by atoms with E-state index in [1.165, 1.54) is 12.3 Å². The Morgan fingerprint density at radius 3 is 2.53 bits per heavy atom. The Hall–Kier alpha value is -4.92. The van der Waals surface area contributed by atoms with Gasteiger partial charge < -0.3 is 14.3 Å². The van der Waals surface area contributed by atoms with Crippen LogP contribution in [0.1, 0.15) is 16.9 Å². The van der Waals surface area contributed by atoms with Crippen molar-refractivity contribution in [2.45, 2.75) is 19.6 Å². The van der Waals surface area contributed by atoms with Gasteiger partial charge in [-0.1, -0.05) is 48.5 Å². The molecule has 1 aliphatic rings. The Morgan fingerprint density at radius 2 is 1.75 bits per heavy atom. The van der Waals surface area contributed by atoms with E-state index in [1.54, 1.807) is 22.9 Å². The zero-order chi connectivity index (χ0) is 25.1. The van der Waals surface area contributed by atoms with Gasteiger partial charge in [0.25, 0.3) is 11.8 Å². The number of benzene rings is 2. The summed E-state index contributed by atoms with van der Waals surface area (Å²) in [6.45, 7) is 0.357. The molecule has 1 saturated heterocycles. The summed E-state index contributed by atoms with van der Waals surface area (Å²) in [5.74, 6) is -1.28. The number of rotatable bonds is 7.